The third-order valence-electron chi connectivity index (χ3n) is 3.23. The Hall–Kier alpha value is -1.41. The highest BCUT2D eigenvalue weighted by molar-refractivity contribution is 7.99. The molecule has 0 aliphatic carbocycles. The number of benzene rings is 2. The number of rotatable bonds is 2. The number of hydrogen-bond acceptors (Lipinski definition) is 2. The molecule has 2 heteroatoms. The zero-order valence-corrected chi connectivity index (χ0v) is 11.6. The van der Waals surface area contributed by atoms with Gasteiger partial charge in [0.25, 0.3) is 0 Å². The average Bonchev–Trinajstić information content (AvgIpc) is 2.39. The van der Waals surface area contributed by atoms with E-state index in [0.29, 0.717) is 0 Å². The SMILES string of the molecule is CCCN1c2ccccc2Sc2ccc(C)cc21. The van der Waals surface area contributed by atoms with Crippen LogP contribution in [0.25, 0.3) is 0 Å². The van der Waals surface area contributed by atoms with Crippen LogP contribution in [0, 0.1) is 6.92 Å². The third-order valence-corrected chi connectivity index (χ3v) is 4.36. The van der Waals surface area contributed by atoms with Gasteiger partial charge in [-0.15, -0.1) is 0 Å². The molecule has 0 atom stereocenters. The molecule has 0 unspecified atom stereocenters. The van der Waals surface area contributed by atoms with Gasteiger partial charge in [-0.2, -0.15) is 0 Å². The maximum atomic E-state index is 2.45. The largest absolute Gasteiger partial charge is 0.340 e. The van der Waals surface area contributed by atoms with E-state index in [9.17, 15) is 0 Å². The number of nitrogens with zero attached hydrogens (tertiary/aromatic N) is 1. The standard InChI is InChI=1S/C16H17NS/c1-3-10-17-13-6-4-5-7-15(13)18-16-9-8-12(2)11-14(16)17/h4-9,11H,3,10H2,1-2H3. The molecule has 0 saturated heterocycles. The Bertz CT molecular complexity index is 577. The Morgan fingerprint density at radius 1 is 1.00 bits per heavy atom. The van der Waals surface area contributed by atoms with Crippen molar-refractivity contribution in [1.82, 2.24) is 0 Å². The summed E-state index contributed by atoms with van der Waals surface area (Å²) in [5, 5.41) is 0. The minimum absolute atomic E-state index is 1.08. The van der Waals surface area contributed by atoms with Crippen molar-refractivity contribution in [2.75, 3.05) is 11.4 Å². The van der Waals surface area contributed by atoms with E-state index in [2.05, 4.69) is 61.2 Å². The summed E-state index contributed by atoms with van der Waals surface area (Å²) in [6.07, 6.45) is 1.16. The fraction of sp³-hybridized carbons (Fsp3) is 0.250. The first-order valence-electron chi connectivity index (χ1n) is 6.44. The number of aryl methyl sites for hydroxylation is 1. The Morgan fingerprint density at radius 3 is 2.61 bits per heavy atom. The van der Waals surface area contributed by atoms with E-state index in [1.54, 1.807) is 0 Å². The van der Waals surface area contributed by atoms with Gasteiger partial charge in [0, 0.05) is 16.3 Å². The molecule has 2 aromatic rings. The van der Waals surface area contributed by atoms with E-state index in [1.807, 2.05) is 11.8 Å². The lowest BCUT2D eigenvalue weighted by molar-refractivity contribution is 0.865. The molecule has 0 fully saturated rings. The van der Waals surface area contributed by atoms with Crippen LogP contribution in [-0.2, 0) is 0 Å². The van der Waals surface area contributed by atoms with Crippen molar-refractivity contribution in [3.8, 4) is 0 Å². The zero-order valence-electron chi connectivity index (χ0n) is 10.8. The lowest BCUT2D eigenvalue weighted by atomic mass is 10.1. The normalized spacial score (nSPS) is 13.1. The van der Waals surface area contributed by atoms with Gasteiger partial charge in [0.1, 0.15) is 0 Å². The van der Waals surface area contributed by atoms with Crippen molar-refractivity contribution in [1.29, 1.82) is 0 Å². The summed E-state index contributed by atoms with van der Waals surface area (Å²) in [4.78, 5) is 5.18. The van der Waals surface area contributed by atoms with Crippen LogP contribution in [-0.4, -0.2) is 6.54 Å². The van der Waals surface area contributed by atoms with Gasteiger partial charge in [0.05, 0.1) is 11.4 Å². The first kappa shape index (κ1) is 11.7. The van der Waals surface area contributed by atoms with E-state index < -0.39 is 0 Å². The quantitative estimate of drug-likeness (QED) is 0.742. The lowest BCUT2D eigenvalue weighted by Crippen LogP contribution is -2.21. The van der Waals surface area contributed by atoms with E-state index in [0.717, 1.165) is 13.0 Å². The molecule has 0 N–H and O–H groups in total. The predicted octanol–water partition coefficient (Wildman–Crippen LogP) is 5.01. The van der Waals surface area contributed by atoms with Crippen LogP contribution in [0.5, 0.6) is 0 Å². The molecule has 0 saturated carbocycles. The number of fused-ring (bicyclic) bond motifs is 2. The van der Waals surface area contributed by atoms with Gasteiger partial charge >= 0.3 is 0 Å². The zero-order chi connectivity index (χ0) is 12.5. The smallest absolute Gasteiger partial charge is 0.0555 e. The molecule has 18 heavy (non-hydrogen) atoms. The lowest BCUT2D eigenvalue weighted by Gasteiger charge is -2.32. The summed E-state index contributed by atoms with van der Waals surface area (Å²) in [6, 6.07) is 15.4. The fourth-order valence-electron chi connectivity index (χ4n) is 2.40. The van der Waals surface area contributed by atoms with Crippen LogP contribution < -0.4 is 4.90 Å². The van der Waals surface area contributed by atoms with Gasteiger partial charge in [-0.05, 0) is 43.2 Å². The maximum absolute atomic E-state index is 2.45. The average molecular weight is 255 g/mol. The molecule has 0 spiro atoms. The number of anilines is 2. The number of para-hydroxylation sites is 1. The molecule has 2 aromatic carbocycles. The fourth-order valence-corrected chi connectivity index (χ4v) is 3.48. The Labute approximate surface area is 113 Å². The van der Waals surface area contributed by atoms with Crippen LogP contribution >= 0.6 is 11.8 Å². The Morgan fingerprint density at radius 2 is 1.78 bits per heavy atom. The van der Waals surface area contributed by atoms with Crippen molar-refractivity contribution in [2.24, 2.45) is 0 Å². The van der Waals surface area contributed by atoms with Crippen molar-refractivity contribution < 1.29 is 0 Å². The van der Waals surface area contributed by atoms with Gasteiger partial charge in [0.15, 0.2) is 0 Å². The number of hydrogen-bond donors (Lipinski definition) is 0. The second kappa shape index (κ2) is 4.69. The molecule has 1 aliphatic heterocycles. The summed E-state index contributed by atoms with van der Waals surface area (Å²) in [5.41, 5.74) is 4.04. The van der Waals surface area contributed by atoms with E-state index in [4.69, 9.17) is 0 Å². The molecule has 1 heterocycles. The highest BCUT2D eigenvalue weighted by Gasteiger charge is 2.22. The summed E-state index contributed by atoms with van der Waals surface area (Å²) < 4.78 is 0. The van der Waals surface area contributed by atoms with Crippen molar-refractivity contribution in [2.45, 2.75) is 30.1 Å². The van der Waals surface area contributed by atoms with E-state index in [1.165, 1.54) is 26.7 Å². The van der Waals surface area contributed by atoms with Crippen molar-refractivity contribution >= 4 is 23.1 Å². The maximum Gasteiger partial charge on any atom is 0.0555 e. The van der Waals surface area contributed by atoms with Gasteiger partial charge in [-0.3, -0.25) is 0 Å². The molecule has 0 aromatic heterocycles. The van der Waals surface area contributed by atoms with Gasteiger partial charge in [-0.25, -0.2) is 0 Å². The summed E-state index contributed by atoms with van der Waals surface area (Å²) in [6.45, 7) is 5.48. The molecule has 0 radical (unpaired) electrons. The summed E-state index contributed by atoms with van der Waals surface area (Å²) in [7, 11) is 0. The monoisotopic (exact) mass is 255 g/mol. The predicted molar refractivity (Wildman–Crippen MR) is 79.0 cm³/mol. The Kier molecular flexibility index (Phi) is 3.04. The first-order valence-corrected chi connectivity index (χ1v) is 7.26. The Balaban J connectivity index is 2.15. The molecular weight excluding hydrogens is 238 g/mol. The van der Waals surface area contributed by atoms with Crippen LogP contribution in [0.2, 0.25) is 0 Å². The van der Waals surface area contributed by atoms with Crippen molar-refractivity contribution in [3.05, 3.63) is 48.0 Å². The second-order valence-electron chi connectivity index (χ2n) is 4.69. The second-order valence-corrected chi connectivity index (χ2v) is 5.78. The topological polar surface area (TPSA) is 3.24 Å². The van der Waals surface area contributed by atoms with Crippen LogP contribution in [0.4, 0.5) is 11.4 Å². The van der Waals surface area contributed by atoms with Crippen LogP contribution in [0.15, 0.2) is 52.3 Å². The molecule has 3 rings (SSSR count). The highest BCUT2D eigenvalue weighted by Crippen LogP contribution is 2.48. The first-order chi connectivity index (χ1) is 8.79. The van der Waals surface area contributed by atoms with E-state index >= 15 is 0 Å². The van der Waals surface area contributed by atoms with Gasteiger partial charge < -0.3 is 4.90 Å². The van der Waals surface area contributed by atoms with Crippen LogP contribution in [0.1, 0.15) is 18.9 Å². The molecule has 0 amide bonds. The highest BCUT2D eigenvalue weighted by atomic mass is 32.2. The van der Waals surface area contributed by atoms with E-state index in [-0.39, 0.29) is 0 Å². The van der Waals surface area contributed by atoms with Crippen LogP contribution in [0.3, 0.4) is 0 Å². The molecule has 1 aliphatic rings. The minimum Gasteiger partial charge on any atom is -0.340 e. The summed E-state index contributed by atoms with van der Waals surface area (Å²) in [5.74, 6) is 0. The summed E-state index contributed by atoms with van der Waals surface area (Å²) >= 11 is 1.88. The van der Waals surface area contributed by atoms with Gasteiger partial charge in [-0.1, -0.05) is 36.9 Å². The molecule has 92 valence electrons. The third kappa shape index (κ3) is 1.91. The van der Waals surface area contributed by atoms with Gasteiger partial charge in [0.2, 0.25) is 0 Å². The minimum atomic E-state index is 1.08. The molecule has 1 nitrogen and oxygen atoms in total. The van der Waals surface area contributed by atoms with Crippen molar-refractivity contribution in [3.63, 3.8) is 0 Å². The molecular formula is C16H17NS. The molecule has 0 bridgehead atoms.